The Hall–Kier alpha value is -2.48. The lowest BCUT2D eigenvalue weighted by molar-refractivity contribution is 0.899. The van der Waals surface area contributed by atoms with Crippen LogP contribution in [0.1, 0.15) is 30.0 Å². The van der Waals surface area contributed by atoms with Crippen molar-refractivity contribution >= 4 is 40.0 Å². The van der Waals surface area contributed by atoms with Crippen molar-refractivity contribution in [1.29, 1.82) is 5.26 Å². The third-order valence-corrected chi connectivity index (χ3v) is 5.88. The fraction of sp³-hybridized carbons (Fsp3) is 0.182. The molecule has 0 saturated heterocycles. The van der Waals surface area contributed by atoms with Crippen LogP contribution in [-0.2, 0) is 12.2 Å². The number of fused-ring (bicyclic) bond motifs is 3. The first kappa shape index (κ1) is 17.9. The smallest absolute Gasteiger partial charge is 0.157 e. The van der Waals surface area contributed by atoms with Crippen LogP contribution in [0.25, 0.3) is 16.7 Å². The van der Waals surface area contributed by atoms with Gasteiger partial charge in [-0.1, -0.05) is 49.2 Å². The summed E-state index contributed by atoms with van der Waals surface area (Å²) in [7, 11) is 0. The highest BCUT2D eigenvalue weighted by Gasteiger charge is 2.16. The average Bonchev–Trinajstić information content (AvgIpc) is 3.07. The lowest BCUT2D eigenvalue weighted by Crippen LogP contribution is -2.00. The molecule has 27 heavy (non-hydrogen) atoms. The maximum Gasteiger partial charge on any atom is 0.157 e. The molecule has 3 nitrogen and oxygen atoms in total. The summed E-state index contributed by atoms with van der Waals surface area (Å²) in [6, 6.07) is 20.5. The highest BCUT2D eigenvalue weighted by molar-refractivity contribution is 7.98. The molecule has 0 saturated carbocycles. The lowest BCUT2D eigenvalue weighted by atomic mass is 10.1. The molecule has 0 spiro atoms. The third kappa shape index (κ3) is 3.41. The molecule has 0 fully saturated rings. The number of thioether (sulfide) groups is 1. The van der Waals surface area contributed by atoms with Crippen molar-refractivity contribution in [1.82, 2.24) is 9.38 Å². The fourth-order valence-corrected chi connectivity index (χ4v) is 4.45. The first-order chi connectivity index (χ1) is 13.2. The Morgan fingerprint density at radius 1 is 1.15 bits per heavy atom. The second-order valence-electron chi connectivity index (χ2n) is 6.42. The maximum atomic E-state index is 9.77. The van der Waals surface area contributed by atoms with E-state index in [4.69, 9.17) is 16.6 Å². The number of hydrogen-bond acceptors (Lipinski definition) is 3. The summed E-state index contributed by atoms with van der Waals surface area (Å²) in [6.07, 6.45) is 1.86. The van der Waals surface area contributed by atoms with Gasteiger partial charge >= 0.3 is 0 Å². The molecule has 0 aliphatic heterocycles. The molecule has 0 amide bonds. The van der Waals surface area contributed by atoms with Gasteiger partial charge in [0, 0.05) is 10.8 Å². The summed E-state index contributed by atoms with van der Waals surface area (Å²) in [5.41, 5.74) is 5.67. The van der Waals surface area contributed by atoms with Gasteiger partial charge in [0.15, 0.2) is 5.65 Å². The number of halogens is 1. The molecular weight excluding hydrogens is 374 g/mol. The van der Waals surface area contributed by atoms with Crippen LogP contribution < -0.4 is 0 Å². The minimum absolute atomic E-state index is 0.684. The van der Waals surface area contributed by atoms with E-state index in [1.165, 1.54) is 5.56 Å². The number of nitriles is 1. The Bertz CT molecular complexity index is 1160. The number of para-hydroxylation sites is 2. The second kappa shape index (κ2) is 7.64. The summed E-state index contributed by atoms with van der Waals surface area (Å²) in [5.74, 6) is 0.830. The molecule has 0 aliphatic carbocycles. The molecule has 5 heteroatoms. The molecule has 4 rings (SSSR count). The van der Waals surface area contributed by atoms with E-state index in [9.17, 15) is 5.26 Å². The topological polar surface area (TPSA) is 41.1 Å². The van der Waals surface area contributed by atoms with Crippen molar-refractivity contribution in [2.45, 2.75) is 30.5 Å². The minimum Gasteiger partial charge on any atom is -0.286 e. The predicted octanol–water partition coefficient (Wildman–Crippen LogP) is 6.26. The van der Waals surface area contributed by atoms with Gasteiger partial charge in [-0.2, -0.15) is 5.26 Å². The van der Waals surface area contributed by atoms with Gasteiger partial charge in [-0.25, -0.2) is 4.98 Å². The van der Waals surface area contributed by atoms with Gasteiger partial charge in [0.25, 0.3) is 0 Å². The van der Waals surface area contributed by atoms with Crippen molar-refractivity contribution in [3.05, 3.63) is 76.3 Å². The van der Waals surface area contributed by atoms with E-state index < -0.39 is 0 Å². The van der Waals surface area contributed by atoms with Crippen molar-refractivity contribution in [3.63, 3.8) is 0 Å². The molecule has 0 radical (unpaired) electrons. The monoisotopic (exact) mass is 391 g/mol. The molecule has 0 aliphatic rings. The number of imidazole rings is 1. The zero-order chi connectivity index (χ0) is 18.8. The molecule has 0 bridgehead atoms. The molecule has 0 N–H and O–H groups in total. The zero-order valence-corrected chi connectivity index (χ0v) is 16.5. The molecule has 2 aromatic heterocycles. The highest BCUT2D eigenvalue weighted by Crippen LogP contribution is 2.32. The van der Waals surface area contributed by atoms with Crippen LogP contribution in [0.5, 0.6) is 0 Å². The predicted molar refractivity (Wildman–Crippen MR) is 112 cm³/mol. The molecule has 4 aromatic rings. The summed E-state index contributed by atoms with van der Waals surface area (Å²) < 4.78 is 2.12. The normalized spacial score (nSPS) is 11.1. The standard InChI is InChI=1S/C22H18ClN3S/c1-2-5-16-12-21(27-14-15-8-10-17(23)11-9-15)26-20-7-4-3-6-19(20)25-22(26)18(16)13-24/h3-4,6-12H,2,5,14H2,1H3. The number of aromatic nitrogens is 2. The van der Waals surface area contributed by atoms with Crippen LogP contribution in [-0.4, -0.2) is 9.38 Å². The molecule has 0 atom stereocenters. The van der Waals surface area contributed by atoms with Crippen LogP contribution >= 0.6 is 23.4 Å². The van der Waals surface area contributed by atoms with Gasteiger partial charge in [-0.05, 0) is 47.9 Å². The van der Waals surface area contributed by atoms with Crippen molar-refractivity contribution in [3.8, 4) is 6.07 Å². The van der Waals surface area contributed by atoms with E-state index in [0.717, 1.165) is 50.9 Å². The maximum absolute atomic E-state index is 9.77. The lowest BCUT2D eigenvalue weighted by Gasteiger charge is -2.11. The quantitative estimate of drug-likeness (QED) is 0.377. The minimum atomic E-state index is 0.684. The Kier molecular flexibility index (Phi) is 5.07. The number of pyridine rings is 1. The largest absolute Gasteiger partial charge is 0.286 e. The van der Waals surface area contributed by atoms with E-state index in [2.05, 4.69) is 41.7 Å². The van der Waals surface area contributed by atoms with E-state index in [0.29, 0.717) is 5.56 Å². The average molecular weight is 392 g/mol. The van der Waals surface area contributed by atoms with Gasteiger partial charge < -0.3 is 0 Å². The Morgan fingerprint density at radius 3 is 2.67 bits per heavy atom. The highest BCUT2D eigenvalue weighted by atomic mass is 35.5. The summed E-state index contributed by atoms with van der Waals surface area (Å²) in [5, 5.41) is 11.6. The van der Waals surface area contributed by atoms with Crippen molar-refractivity contribution in [2.24, 2.45) is 0 Å². The van der Waals surface area contributed by atoms with Crippen LogP contribution in [0, 0.1) is 11.3 Å². The summed E-state index contributed by atoms with van der Waals surface area (Å²) >= 11 is 7.75. The van der Waals surface area contributed by atoms with Gasteiger partial charge in [0.2, 0.25) is 0 Å². The van der Waals surface area contributed by atoms with E-state index in [-0.39, 0.29) is 0 Å². The number of rotatable bonds is 5. The first-order valence-corrected chi connectivity index (χ1v) is 10.3. The Labute approximate surface area is 167 Å². The van der Waals surface area contributed by atoms with Gasteiger partial charge in [0.1, 0.15) is 6.07 Å². The van der Waals surface area contributed by atoms with Crippen molar-refractivity contribution < 1.29 is 0 Å². The van der Waals surface area contributed by atoms with Gasteiger partial charge in [-0.3, -0.25) is 4.40 Å². The second-order valence-corrected chi connectivity index (χ2v) is 7.85. The van der Waals surface area contributed by atoms with Crippen LogP contribution in [0.15, 0.2) is 59.6 Å². The van der Waals surface area contributed by atoms with Crippen LogP contribution in [0.4, 0.5) is 0 Å². The zero-order valence-electron chi connectivity index (χ0n) is 14.9. The van der Waals surface area contributed by atoms with Crippen LogP contribution in [0.2, 0.25) is 5.02 Å². The van der Waals surface area contributed by atoms with Crippen molar-refractivity contribution in [2.75, 3.05) is 0 Å². The molecule has 2 aromatic carbocycles. The number of hydrogen-bond donors (Lipinski definition) is 0. The summed E-state index contributed by atoms with van der Waals surface area (Å²) in [4.78, 5) is 4.77. The first-order valence-electron chi connectivity index (χ1n) is 8.91. The Morgan fingerprint density at radius 2 is 1.93 bits per heavy atom. The van der Waals surface area contributed by atoms with E-state index in [1.807, 2.05) is 30.3 Å². The van der Waals surface area contributed by atoms with Crippen LogP contribution in [0.3, 0.4) is 0 Å². The fourth-order valence-electron chi connectivity index (χ4n) is 3.28. The number of nitrogens with zero attached hydrogens (tertiary/aromatic N) is 3. The number of benzene rings is 2. The SMILES string of the molecule is CCCc1cc(SCc2ccc(Cl)cc2)n2c(nc3ccccc32)c1C#N. The van der Waals surface area contributed by atoms with Gasteiger partial charge in [-0.15, -0.1) is 11.8 Å². The number of aryl methyl sites for hydroxylation is 1. The summed E-state index contributed by atoms with van der Waals surface area (Å²) in [6.45, 7) is 2.13. The third-order valence-electron chi connectivity index (χ3n) is 4.55. The molecule has 134 valence electrons. The molecule has 2 heterocycles. The van der Waals surface area contributed by atoms with E-state index >= 15 is 0 Å². The molecule has 0 unspecified atom stereocenters. The Balaban J connectivity index is 1.86. The molecular formula is C22H18ClN3S. The van der Waals surface area contributed by atoms with E-state index in [1.54, 1.807) is 11.8 Å². The van der Waals surface area contributed by atoms with Gasteiger partial charge in [0.05, 0.1) is 21.6 Å².